The molecule has 114 valence electrons. The minimum atomic E-state index is -1.08. The maximum Gasteiger partial charge on any atom is 0.288 e. The number of amides is 1. The Bertz CT molecular complexity index is 580. The van der Waals surface area contributed by atoms with E-state index in [0.29, 0.717) is 11.3 Å². The molecular formula is C14H17NO5S. The topological polar surface area (TPSA) is 65.1 Å². The van der Waals surface area contributed by atoms with Gasteiger partial charge in [0.1, 0.15) is 11.8 Å². The molecule has 6 nitrogen and oxygen atoms in total. The van der Waals surface area contributed by atoms with E-state index in [-0.39, 0.29) is 24.0 Å². The van der Waals surface area contributed by atoms with Gasteiger partial charge < -0.3 is 9.47 Å². The average molecular weight is 311 g/mol. The molecular weight excluding hydrogens is 294 g/mol. The van der Waals surface area contributed by atoms with Crippen LogP contribution >= 0.6 is 11.3 Å². The van der Waals surface area contributed by atoms with Crippen LogP contribution in [0.5, 0.6) is 0 Å². The number of rotatable bonds is 3. The van der Waals surface area contributed by atoms with Crippen molar-refractivity contribution in [2.75, 3.05) is 21.3 Å². The molecule has 1 aromatic heterocycles. The number of hydroxylamine groups is 2. The molecule has 1 fully saturated rings. The second-order valence-corrected chi connectivity index (χ2v) is 6.08. The summed E-state index contributed by atoms with van der Waals surface area (Å²) in [7, 11) is 4.49. The summed E-state index contributed by atoms with van der Waals surface area (Å²) in [5, 5.41) is 3.06. The molecule has 7 heteroatoms. The number of hydrogen-bond acceptors (Lipinski definition) is 6. The Balaban J connectivity index is 2.25. The fraction of sp³-hybridized carbons (Fsp3) is 0.571. The fourth-order valence-electron chi connectivity index (χ4n) is 3.48. The maximum atomic E-state index is 12.7. The van der Waals surface area contributed by atoms with E-state index < -0.39 is 11.8 Å². The average Bonchev–Trinajstić information content (AvgIpc) is 2.95. The quantitative estimate of drug-likeness (QED) is 0.793. The van der Waals surface area contributed by atoms with Crippen LogP contribution in [0, 0.1) is 0 Å². The normalized spacial score (nSPS) is 27.5. The Hall–Kier alpha value is -1.28. The molecule has 2 aliphatic rings. The monoisotopic (exact) mass is 311 g/mol. The van der Waals surface area contributed by atoms with Gasteiger partial charge in [-0.2, -0.15) is 0 Å². The summed E-state index contributed by atoms with van der Waals surface area (Å²) < 4.78 is 11.4. The number of ether oxygens (including phenoxy) is 2. The number of nitrogens with zero attached hydrogens (tertiary/aromatic N) is 1. The first-order valence-corrected chi connectivity index (χ1v) is 7.54. The first kappa shape index (κ1) is 14.6. The second kappa shape index (κ2) is 5.17. The number of Topliss-reactive ketones (excluding diaryl/α,β-unsaturated/α-hetero) is 1. The van der Waals surface area contributed by atoms with Crippen molar-refractivity contribution in [3.63, 3.8) is 0 Å². The van der Waals surface area contributed by atoms with Crippen LogP contribution in [0.3, 0.4) is 0 Å². The van der Waals surface area contributed by atoms with Gasteiger partial charge in [0.15, 0.2) is 5.79 Å². The molecule has 1 aliphatic heterocycles. The van der Waals surface area contributed by atoms with Crippen LogP contribution in [0.2, 0.25) is 0 Å². The van der Waals surface area contributed by atoms with Crippen molar-refractivity contribution >= 4 is 23.0 Å². The highest BCUT2D eigenvalue weighted by atomic mass is 32.1. The van der Waals surface area contributed by atoms with Gasteiger partial charge in [0.05, 0.1) is 12.0 Å². The highest BCUT2D eigenvalue weighted by Crippen LogP contribution is 2.49. The number of methoxy groups -OCH3 is 2. The van der Waals surface area contributed by atoms with E-state index in [1.807, 2.05) is 11.4 Å². The molecule has 1 aliphatic carbocycles. The highest BCUT2D eigenvalue weighted by Gasteiger charge is 2.59. The molecule has 0 aromatic carbocycles. The summed E-state index contributed by atoms with van der Waals surface area (Å²) in [5.41, 5.74) is 0.798. The molecule has 2 heterocycles. The number of ketones is 1. The number of carbonyl (C=O) groups is 2. The van der Waals surface area contributed by atoms with Gasteiger partial charge in [-0.05, 0) is 17.0 Å². The summed E-state index contributed by atoms with van der Waals surface area (Å²) in [6, 6.07) is 1.26. The van der Waals surface area contributed by atoms with E-state index in [0.717, 1.165) is 5.56 Å². The largest absolute Gasteiger partial charge is 0.351 e. The van der Waals surface area contributed by atoms with Crippen LogP contribution in [-0.2, 0) is 19.1 Å². The van der Waals surface area contributed by atoms with Crippen molar-refractivity contribution in [1.29, 1.82) is 0 Å². The summed E-state index contributed by atoms with van der Waals surface area (Å²) in [5.74, 6) is -1.57. The minimum absolute atomic E-state index is 0.0728. The van der Waals surface area contributed by atoms with E-state index in [1.54, 1.807) is 0 Å². The lowest BCUT2D eigenvalue weighted by atomic mass is 9.76. The molecule has 0 radical (unpaired) electrons. The van der Waals surface area contributed by atoms with Crippen LogP contribution in [0.25, 0.3) is 0 Å². The van der Waals surface area contributed by atoms with Crippen molar-refractivity contribution in [3.8, 4) is 0 Å². The van der Waals surface area contributed by atoms with Gasteiger partial charge in [0.25, 0.3) is 5.91 Å². The van der Waals surface area contributed by atoms with Crippen molar-refractivity contribution < 1.29 is 23.9 Å². The third-order valence-corrected chi connectivity index (χ3v) is 5.30. The second-order valence-electron chi connectivity index (χ2n) is 5.16. The zero-order chi connectivity index (χ0) is 15.2. The molecule has 0 N–H and O–H groups in total. The number of thiophene rings is 1. The lowest BCUT2D eigenvalue weighted by molar-refractivity contribution is -0.292. The van der Waals surface area contributed by atoms with Gasteiger partial charge in [-0.15, -0.1) is 11.3 Å². The van der Waals surface area contributed by atoms with E-state index >= 15 is 0 Å². The fourth-order valence-corrected chi connectivity index (χ4v) is 4.36. The van der Waals surface area contributed by atoms with Crippen LogP contribution < -0.4 is 0 Å². The molecule has 1 saturated carbocycles. The van der Waals surface area contributed by atoms with E-state index in [9.17, 15) is 9.59 Å². The third-order valence-electron chi connectivity index (χ3n) is 4.39. The molecule has 1 amide bonds. The predicted octanol–water partition coefficient (Wildman–Crippen LogP) is 1.57. The number of fused-ring (bicyclic) bond motifs is 4. The van der Waals surface area contributed by atoms with Crippen molar-refractivity contribution in [1.82, 2.24) is 5.06 Å². The van der Waals surface area contributed by atoms with Gasteiger partial charge in [0, 0.05) is 33.0 Å². The summed E-state index contributed by atoms with van der Waals surface area (Å²) in [6.07, 6.45) is 0.458. The van der Waals surface area contributed by atoms with Crippen LogP contribution in [0.15, 0.2) is 11.4 Å². The van der Waals surface area contributed by atoms with Gasteiger partial charge in [-0.1, -0.05) is 0 Å². The Morgan fingerprint density at radius 2 is 1.95 bits per heavy atom. The molecule has 2 bridgehead atoms. The summed E-state index contributed by atoms with van der Waals surface area (Å²) in [6.45, 7) is 0. The summed E-state index contributed by atoms with van der Waals surface area (Å²) >= 11 is 1.34. The van der Waals surface area contributed by atoms with Crippen molar-refractivity contribution in [3.05, 3.63) is 21.9 Å². The maximum absolute atomic E-state index is 12.7. The Labute approximate surface area is 126 Å². The first-order chi connectivity index (χ1) is 10.1. The van der Waals surface area contributed by atoms with Crippen LogP contribution in [0.1, 0.15) is 34.0 Å². The number of hydrogen-bond donors (Lipinski definition) is 0. The highest BCUT2D eigenvalue weighted by molar-refractivity contribution is 7.12. The lowest BCUT2D eigenvalue weighted by Crippen LogP contribution is -2.61. The zero-order valence-corrected chi connectivity index (χ0v) is 12.9. The van der Waals surface area contributed by atoms with Crippen LogP contribution in [-0.4, -0.2) is 49.9 Å². The molecule has 1 aromatic rings. The van der Waals surface area contributed by atoms with Crippen LogP contribution in [0.4, 0.5) is 0 Å². The van der Waals surface area contributed by atoms with Gasteiger partial charge in [0.2, 0.25) is 0 Å². The number of carbonyl (C=O) groups excluding carboxylic acids is 2. The van der Waals surface area contributed by atoms with Crippen molar-refractivity contribution in [2.45, 2.75) is 30.6 Å². The predicted molar refractivity (Wildman–Crippen MR) is 75.0 cm³/mol. The SMILES string of the molecule is CON1C(=O)c2sccc2[C@H]2CC(=O)C[C@@H]1C2(OC)OC. The third kappa shape index (κ3) is 1.88. The lowest BCUT2D eigenvalue weighted by Gasteiger charge is -2.47. The van der Waals surface area contributed by atoms with Gasteiger partial charge >= 0.3 is 0 Å². The Morgan fingerprint density at radius 1 is 1.24 bits per heavy atom. The molecule has 3 rings (SSSR count). The molecule has 0 unspecified atom stereocenters. The minimum Gasteiger partial charge on any atom is -0.351 e. The van der Waals surface area contributed by atoms with E-state index in [1.165, 1.54) is 37.7 Å². The Morgan fingerprint density at radius 3 is 2.57 bits per heavy atom. The van der Waals surface area contributed by atoms with E-state index in [2.05, 4.69) is 0 Å². The first-order valence-electron chi connectivity index (χ1n) is 6.66. The molecule has 2 atom stereocenters. The van der Waals surface area contributed by atoms with Gasteiger partial charge in [-0.3, -0.25) is 14.4 Å². The smallest absolute Gasteiger partial charge is 0.288 e. The molecule has 0 saturated heterocycles. The zero-order valence-electron chi connectivity index (χ0n) is 12.1. The summed E-state index contributed by atoms with van der Waals surface area (Å²) in [4.78, 5) is 30.7. The van der Waals surface area contributed by atoms with E-state index in [4.69, 9.17) is 14.3 Å². The van der Waals surface area contributed by atoms with Crippen molar-refractivity contribution in [2.24, 2.45) is 0 Å². The molecule has 21 heavy (non-hydrogen) atoms. The Kier molecular flexibility index (Phi) is 3.61. The van der Waals surface area contributed by atoms with Gasteiger partial charge in [-0.25, -0.2) is 5.06 Å². The molecule has 0 spiro atoms. The standard InChI is InChI=1S/C14H17NO5S/c1-18-14(19-2)10-6-8(16)7-11(14)15(20-3)13(17)12-9(10)4-5-21-12/h4-5,10-11H,6-7H2,1-3H3/t10-,11-/m1/s1.